The molecule has 2 rings (SSSR count). The second kappa shape index (κ2) is 4.40. The van der Waals surface area contributed by atoms with Crippen molar-refractivity contribution in [2.45, 2.75) is 0 Å². The van der Waals surface area contributed by atoms with Gasteiger partial charge >= 0.3 is 12.0 Å². The van der Waals surface area contributed by atoms with E-state index >= 15 is 0 Å². The fourth-order valence-electron chi connectivity index (χ4n) is 1.82. The molecule has 0 radical (unpaired) electrons. The lowest BCUT2D eigenvalue weighted by Gasteiger charge is -2.40. The standard InChI is InChI=1S/C9H14N2O4S/c12-8(13)7-5-11(6-7)9(14)10-1-3-16(15)4-2-10/h7H,1-6H2,(H,12,13). The summed E-state index contributed by atoms with van der Waals surface area (Å²) < 4.78 is 11.1. The number of rotatable bonds is 1. The van der Waals surface area contributed by atoms with Crippen molar-refractivity contribution in [2.24, 2.45) is 5.92 Å². The molecule has 90 valence electrons. The molecule has 7 heteroatoms. The van der Waals surface area contributed by atoms with Crippen molar-refractivity contribution in [3.63, 3.8) is 0 Å². The average Bonchev–Trinajstić information content (AvgIpc) is 2.15. The smallest absolute Gasteiger partial charge is 0.320 e. The van der Waals surface area contributed by atoms with Gasteiger partial charge in [0.25, 0.3) is 0 Å². The Bertz CT molecular complexity index is 330. The highest BCUT2D eigenvalue weighted by Crippen LogP contribution is 2.18. The van der Waals surface area contributed by atoms with E-state index in [0.29, 0.717) is 37.7 Å². The Morgan fingerprint density at radius 2 is 1.69 bits per heavy atom. The second-order valence-electron chi connectivity index (χ2n) is 4.06. The molecule has 0 bridgehead atoms. The molecule has 1 N–H and O–H groups in total. The quantitative estimate of drug-likeness (QED) is 0.656. The van der Waals surface area contributed by atoms with Gasteiger partial charge < -0.3 is 14.9 Å². The number of urea groups is 1. The Balaban J connectivity index is 1.81. The van der Waals surface area contributed by atoms with Crippen LogP contribution < -0.4 is 0 Å². The number of carbonyl (C=O) groups is 2. The number of carboxylic acids is 1. The van der Waals surface area contributed by atoms with E-state index in [1.807, 2.05) is 0 Å². The minimum atomic E-state index is -0.844. The van der Waals surface area contributed by atoms with E-state index in [1.165, 1.54) is 4.90 Å². The van der Waals surface area contributed by atoms with Crippen molar-refractivity contribution in [3.05, 3.63) is 0 Å². The van der Waals surface area contributed by atoms with Gasteiger partial charge in [0.1, 0.15) is 0 Å². The first-order valence-corrected chi connectivity index (χ1v) is 6.68. The van der Waals surface area contributed by atoms with Crippen LogP contribution in [0.3, 0.4) is 0 Å². The molecule has 0 aromatic heterocycles. The van der Waals surface area contributed by atoms with Gasteiger partial charge in [-0.2, -0.15) is 0 Å². The molecule has 0 atom stereocenters. The van der Waals surface area contributed by atoms with E-state index in [9.17, 15) is 13.8 Å². The maximum Gasteiger partial charge on any atom is 0.320 e. The number of carbonyl (C=O) groups excluding carboxylic acids is 1. The molecule has 2 heterocycles. The van der Waals surface area contributed by atoms with Crippen molar-refractivity contribution in [1.29, 1.82) is 0 Å². The third kappa shape index (κ3) is 2.18. The third-order valence-corrected chi connectivity index (χ3v) is 4.23. The Morgan fingerprint density at radius 1 is 1.12 bits per heavy atom. The minimum absolute atomic E-state index is 0.116. The average molecular weight is 246 g/mol. The molecule has 0 saturated carbocycles. The van der Waals surface area contributed by atoms with Crippen LogP contribution in [0.1, 0.15) is 0 Å². The van der Waals surface area contributed by atoms with Crippen LogP contribution in [-0.2, 0) is 15.6 Å². The molecular weight excluding hydrogens is 232 g/mol. The lowest BCUT2D eigenvalue weighted by molar-refractivity contribution is -0.146. The normalized spacial score (nSPS) is 23.0. The summed E-state index contributed by atoms with van der Waals surface area (Å²) in [6.45, 7) is 1.63. The van der Waals surface area contributed by atoms with Gasteiger partial charge in [0.2, 0.25) is 0 Å². The molecule has 16 heavy (non-hydrogen) atoms. The fourth-order valence-corrected chi connectivity index (χ4v) is 2.87. The van der Waals surface area contributed by atoms with Gasteiger partial charge in [-0.1, -0.05) is 0 Å². The van der Waals surface area contributed by atoms with Crippen LogP contribution in [0.2, 0.25) is 0 Å². The van der Waals surface area contributed by atoms with E-state index in [2.05, 4.69) is 0 Å². The molecule has 0 aromatic rings. The zero-order chi connectivity index (χ0) is 11.7. The van der Waals surface area contributed by atoms with Crippen molar-refractivity contribution >= 4 is 22.8 Å². The molecule has 0 spiro atoms. The summed E-state index contributed by atoms with van der Waals surface area (Å²) in [4.78, 5) is 25.6. The zero-order valence-corrected chi connectivity index (χ0v) is 9.61. The lowest BCUT2D eigenvalue weighted by atomic mass is 10.0. The topological polar surface area (TPSA) is 77.9 Å². The van der Waals surface area contributed by atoms with Crippen LogP contribution in [-0.4, -0.2) is 68.8 Å². The minimum Gasteiger partial charge on any atom is -0.481 e. The second-order valence-corrected chi connectivity index (χ2v) is 5.75. The maximum atomic E-state index is 11.8. The van der Waals surface area contributed by atoms with Crippen molar-refractivity contribution in [2.75, 3.05) is 37.7 Å². The number of nitrogens with zero attached hydrogens (tertiary/aromatic N) is 2. The van der Waals surface area contributed by atoms with Crippen LogP contribution in [0.15, 0.2) is 0 Å². The first-order chi connectivity index (χ1) is 7.58. The van der Waals surface area contributed by atoms with Gasteiger partial charge in [0.15, 0.2) is 0 Å². The SMILES string of the molecule is O=C(O)C1CN(C(=O)N2CCS(=O)CC2)C1. The van der Waals surface area contributed by atoms with Crippen LogP contribution in [0.5, 0.6) is 0 Å². The van der Waals surface area contributed by atoms with Crippen molar-refractivity contribution in [3.8, 4) is 0 Å². The number of hydrogen-bond donors (Lipinski definition) is 1. The lowest BCUT2D eigenvalue weighted by Crippen LogP contribution is -2.58. The summed E-state index contributed by atoms with van der Waals surface area (Å²) in [5.74, 6) is -0.198. The molecule has 2 fully saturated rings. The van der Waals surface area contributed by atoms with Gasteiger partial charge in [-0.25, -0.2) is 4.79 Å². The molecule has 0 aromatic carbocycles. The molecule has 0 unspecified atom stereocenters. The Morgan fingerprint density at radius 3 is 2.19 bits per heavy atom. The summed E-state index contributed by atoms with van der Waals surface area (Å²) >= 11 is 0. The first kappa shape index (κ1) is 11.4. The largest absolute Gasteiger partial charge is 0.481 e. The summed E-state index contributed by atoms with van der Waals surface area (Å²) in [6.07, 6.45) is 0. The van der Waals surface area contributed by atoms with Crippen LogP contribution in [0.25, 0.3) is 0 Å². The van der Waals surface area contributed by atoms with Gasteiger partial charge in [0, 0.05) is 48.5 Å². The Labute approximate surface area is 95.7 Å². The van der Waals surface area contributed by atoms with Gasteiger partial charge in [-0.15, -0.1) is 0 Å². The Hall–Kier alpha value is -1.11. The predicted molar refractivity (Wildman–Crippen MR) is 57.5 cm³/mol. The monoisotopic (exact) mass is 246 g/mol. The molecular formula is C9H14N2O4S. The molecule has 6 nitrogen and oxygen atoms in total. The predicted octanol–water partition coefficient (Wildman–Crippen LogP) is -0.813. The Kier molecular flexibility index (Phi) is 3.13. The molecule has 2 aliphatic rings. The number of hydrogen-bond acceptors (Lipinski definition) is 3. The molecule has 0 aliphatic carbocycles. The zero-order valence-electron chi connectivity index (χ0n) is 8.79. The molecule has 2 amide bonds. The number of carboxylic acid groups (broad SMARTS) is 1. The van der Waals surface area contributed by atoms with Crippen LogP contribution >= 0.6 is 0 Å². The maximum absolute atomic E-state index is 11.8. The number of likely N-dealkylation sites (tertiary alicyclic amines) is 1. The highest BCUT2D eigenvalue weighted by Gasteiger charge is 2.37. The summed E-state index contributed by atoms with van der Waals surface area (Å²) in [7, 11) is -0.795. The highest BCUT2D eigenvalue weighted by atomic mass is 32.2. The number of amides is 2. The molecule has 2 aliphatic heterocycles. The van der Waals surface area contributed by atoms with Crippen LogP contribution in [0.4, 0.5) is 4.79 Å². The first-order valence-electron chi connectivity index (χ1n) is 5.19. The van der Waals surface area contributed by atoms with E-state index in [-0.39, 0.29) is 6.03 Å². The number of aliphatic carboxylic acids is 1. The molecule has 2 saturated heterocycles. The van der Waals surface area contributed by atoms with E-state index in [4.69, 9.17) is 5.11 Å². The van der Waals surface area contributed by atoms with Gasteiger partial charge in [-0.05, 0) is 0 Å². The van der Waals surface area contributed by atoms with E-state index in [0.717, 1.165) is 0 Å². The van der Waals surface area contributed by atoms with Crippen LogP contribution in [0, 0.1) is 5.92 Å². The van der Waals surface area contributed by atoms with Gasteiger partial charge in [0.05, 0.1) is 5.92 Å². The fraction of sp³-hybridized carbons (Fsp3) is 0.778. The summed E-state index contributed by atoms with van der Waals surface area (Å²) in [5.41, 5.74) is 0. The van der Waals surface area contributed by atoms with Crippen molar-refractivity contribution in [1.82, 2.24) is 9.80 Å². The van der Waals surface area contributed by atoms with Crippen molar-refractivity contribution < 1.29 is 18.9 Å². The summed E-state index contributed by atoms with van der Waals surface area (Å²) in [6, 6.07) is -0.116. The van der Waals surface area contributed by atoms with Gasteiger partial charge in [-0.3, -0.25) is 9.00 Å². The third-order valence-electron chi connectivity index (χ3n) is 2.95. The highest BCUT2D eigenvalue weighted by molar-refractivity contribution is 7.85. The van der Waals surface area contributed by atoms with E-state index in [1.54, 1.807) is 4.90 Å². The summed E-state index contributed by atoms with van der Waals surface area (Å²) in [5, 5.41) is 8.69. The van der Waals surface area contributed by atoms with E-state index < -0.39 is 22.7 Å².